The topological polar surface area (TPSA) is 56.6 Å². The van der Waals surface area contributed by atoms with Gasteiger partial charge in [0.25, 0.3) is 5.91 Å². The molecule has 6 nitrogen and oxygen atoms in total. The first kappa shape index (κ1) is 24.6. The van der Waals surface area contributed by atoms with Crippen molar-refractivity contribution in [1.29, 1.82) is 0 Å². The smallest absolute Gasteiger partial charge is 0.273 e. The summed E-state index contributed by atoms with van der Waals surface area (Å²) in [6, 6.07) is 26.1. The predicted octanol–water partition coefficient (Wildman–Crippen LogP) is 6.06. The van der Waals surface area contributed by atoms with E-state index in [0.29, 0.717) is 18.8 Å². The van der Waals surface area contributed by atoms with Crippen molar-refractivity contribution in [2.75, 3.05) is 20.3 Å². The minimum Gasteiger partial charge on any atom is -0.497 e. The van der Waals surface area contributed by atoms with E-state index in [1.54, 1.807) is 11.8 Å². The third-order valence-corrected chi connectivity index (χ3v) is 6.94. The molecule has 1 amide bonds. The lowest BCUT2D eigenvalue weighted by Gasteiger charge is -2.27. The summed E-state index contributed by atoms with van der Waals surface area (Å²) in [6.45, 7) is 3.47. The minimum atomic E-state index is -0.235. The summed E-state index contributed by atoms with van der Waals surface area (Å²) in [7, 11) is 3.51. The monoisotopic (exact) mass is 495 g/mol. The van der Waals surface area contributed by atoms with Gasteiger partial charge in [-0.2, -0.15) is 5.10 Å². The van der Waals surface area contributed by atoms with Crippen molar-refractivity contribution in [3.8, 4) is 22.8 Å². The van der Waals surface area contributed by atoms with Crippen molar-refractivity contribution >= 4 is 5.91 Å². The van der Waals surface area contributed by atoms with Crippen LogP contribution in [0, 0.1) is 0 Å². The first-order valence-electron chi connectivity index (χ1n) is 12.9. The van der Waals surface area contributed by atoms with Gasteiger partial charge in [-0.3, -0.25) is 9.48 Å². The molecule has 0 fully saturated rings. The molecule has 0 saturated heterocycles. The maximum Gasteiger partial charge on any atom is 0.273 e. The Hall–Kier alpha value is -4.06. The van der Waals surface area contributed by atoms with Crippen LogP contribution >= 0.6 is 0 Å². The number of aryl methyl sites for hydroxylation is 1. The van der Waals surface area contributed by atoms with Crippen LogP contribution in [0.4, 0.5) is 0 Å². The zero-order valence-electron chi connectivity index (χ0n) is 21.7. The van der Waals surface area contributed by atoms with Crippen LogP contribution < -0.4 is 9.47 Å². The van der Waals surface area contributed by atoms with Gasteiger partial charge in [0.2, 0.25) is 0 Å². The molecule has 0 radical (unpaired) electrons. The second kappa shape index (κ2) is 10.9. The molecular formula is C31H33N3O3. The highest BCUT2D eigenvalue weighted by atomic mass is 16.5. The number of fused-ring (bicyclic) bond motifs is 1. The Morgan fingerprint density at radius 1 is 0.919 bits per heavy atom. The number of methoxy groups -OCH3 is 1. The molecule has 190 valence electrons. The molecule has 6 heteroatoms. The Bertz CT molecular complexity index is 1350. The van der Waals surface area contributed by atoms with E-state index in [4.69, 9.17) is 14.6 Å². The van der Waals surface area contributed by atoms with Gasteiger partial charge in [-0.05, 0) is 60.4 Å². The summed E-state index contributed by atoms with van der Waals surface area (Å²) in [5.41, 5.74) is 5.63. The van der Waals surface area contributed by atoms with E-state index in [9.17, 15) is 4.79 Å². The van der Waals surface area contributed by atoms with Crippen molar-refractivity contribution in [1.82, 2.24) is 14.7 Å². The number of carbonyl (C=O) groups is 1. The largest absolute Gasteiger partial charge is 0.497 e. The molecule has 0 unspecified atom stereocenters. The van der Waals surface area contributed by atoms with E-state index in [2.05, 4.69) is 31.2 Å². The second-order valence-electron chi connectivity index (χ2n) is 9.37. The Balaban J connectivity index is 1.54. The molecule has 3 aromatic carbocycles. The molecule has 1 aromatic heterocycles. The maximum atomic E-state index is 13.8. The highest BCUT2D eigenvalue weighted by Gasteiger charge is 2.43. The van der Waals surface area contributed by atoms with Crippen LogP contribution in [-0.2, 0) is 13.5 Å². The summed E-state index contributed by atoms with van der Waals surface area (Å²) < 4.78 is 13.0. The molecule has 1 aliphatic rings. The summed E-state index contributed by atoms with van der Waals surface area (Å²) in [5, 5.41) is 4.81. The van der Waals surface area contributed by atoms with Gasteiger partial charge in [0.1, 0.15) is 17.2 Å². The Kier molecular flexibility index (Phi) is 7.26. The van der Waals surface area contributed by atoms with Gasteiger partial charge < -0.3 is 14.4 Å². The maximum absolute atomic E-state index is 13.8. The zero-order chi connectivity index (χ0) is 25.8. The van der Waals surface area contributed by atoms with E-state index in [1.807, 2.05) is 66.5 Å². The van der Waals surface area contributed by atoms with E-state index in [0.717, 1.165) is 53.1 Å². The number of carbonyl (C=O) groups excluding carboxylic acids is 1. The first-order valence-corrected chi connectivity index (χ1v) is 12.9. The van der Waals surface area contributed by atoms with Crippen molar-refractivity contribution in [3.05, 3.63) is 101 Å². The van der Waals surface area contributed by atoms with Gasteiger partial charge in [-0.1, -0.05) is 55.8 Å². The number of unbranched alkanes of at least 4 members (excludes halogenated alkanes) is 1. The fraction of sp³-hybridized carbons (Fsp3) is 0.290. The third-order valence-electron chi connectivity index (χ3n) is 6.94. The zero-order valence-corrected chi connectivity index (χ0v) is 21.7. The second-order valence-corrected chi connectivity index (χ2v) is 9.37. The highest BCUT2D eigenvalue weighted by Crippen LogP contribution is 2.44. The lowest BCUT2D eigenvalue weighted by atomic mass is 9.95. The quantitative estimate of drug-likeness (QED) is 0.251. The normalized spacial score (nSPS) is 14.6. The summed E-state index contributed by atoms with van der Waals surface area (Å²) in [6.07, 6.45) is 2.90. The van der Waals surface area contributed by atoms with Crippen LogP contribution in [0.5, 0.6) is 11.5 Å². The van der Waals surface area contributed by atoms with Crippen LogP contribution in [0.25, 0.3) is 11.3 Å². The van der Waals surface area contributed by atoms with E-state index in [-0.39, 0.29) is 11.9 Å². The van der Waals surface area contributed by atoms with Crippen molar-refractivity contribution in [2.24, 2.45) is 7.05 Å². The minimum absolute atomic E-state index is 0.00830. The van der Waals surface area contributed by atoms with Gasteiger partial charge >= 0.3 is 0 Å². The van der Waals surface area contributed by atoms with E-state index < -0.39 is 0 Å². The summed E-state index contributed by atoms with van der Waals surface area (Å²) in [5.74, 6) is 1.64. The van der Waals surface area contributed by atoms with Crippen LogP contribution in [0.15, 0.2) is 78.9 Å². The summed E-state index contributed by atoms with van der Waals surface area (Å²) >= 11 is 0. The van der Waals surface area contributed by atoms with Crippen molar-refractivity contribution < 1.29 is 14.3 Å². The van der Waals surface area contributed by atoms with Crippen LogP contribution in [0.2, 0.25) is 0 Å². The Morgan fingerprint density at radius 2 is 1.62 bits per heavy atom. The number of benzene rings is 3. The molecule has 5 rings (SSSR count). The van der Waals surface area contributed by atoms with Gasteiger partial charge in [0.05, 0.1) is 25.5 Å². The Morgan fingerprint density at radius 3 is 2.30 bits per heavy atom. The van der Waals surface area contributed by atoms with Gasteiger partial charge in [0, 0.05) is 24.7 Å². The number of aromatic nitrogens is 2. The average molecular weight is 496 g/mol. The first-order chi connectivity index (χ1) is 18.1. The molecule has 4 aromatic rings. The number of nitrogens with zero attached hydrogens (tertiary/aromatic N) is 3. The van der Waals surface area contributed by atoms with Gasteiger partial charge in [-0.25, -0.2) is 0 Å². The number of ether oxygens (including phenoxy) is 2. The van der Waals surface area contributed by atoms with Crippen LogP contribution in [-0.4, -0.2) is 40.8 Å². The molecular weight excluding hydrogens is 462 g/mol. The molecule has 0 N–H and O–H groups in total. The summed E-state index contributed by atoms with van der Waals surface area (Å²) in [4.78, 5) is 15.8. The van der Waals surface area contributed by atoms with Crippen molar-refractivity contribution in [2.45, 2.75) is 32.2 Å². The number of hydrogen-bond donors (Lipinski definition) is 0. The molecule has 1 atom stereocenters. The molecule has 0 aliphatic carbocycles. The SMILES string of the molecule is CCCCOc1ccc([C@@H]2c3c(-c4ccc(OC)cc4)nn(C)c3C(=O)N2CCc2ccccc2)cc1. The fourth-order valence-corrected chi connectivity index (χ4v) is 4.98. The van der Waals surface area contributed by atoms with E-state index >= 15 is 0 Å². The fourth-order valence-electron chi connectivity index (χ4n) is 4.98. The molecule has 37 heavy (non-hydrogen) atoms. The number of amides is 1. The van der Waals surface area contributed by atoms with Gasteiger partial charge in [-0.15, -0.1) is 0 Å². The lowest BCUT2D eigenvalue weighted by Crippen LogP contribution is -2.32. The number of rotatable bonds is 10. The number of hydrogen-bond acceptors (Lipinski definition) is 4. The van der Waals surface area contributed by atoms with Gasteiger partial charge in [0.15, 0.2) is 0 Å². The standard InChI is InChI=1S/C31H33N3O3/c1-4-5-21-37-26-17-13-24(14-18-26)29-27-28(23-11-15-25(36-3)16-12-23)32-33(2)30(27)31(35)34(29)20-19-22-9-7-6-8-10-22/h6-18,29H,4-5,19-21H2,1-3H3/t29-/m1/s1. The van der Waals surface area contributed by atoms with E-state index in [1.165, 1.54) is 5.56 Å². The highest BCUT2D eigenvalue weighted by molar-refractivity contribution is 6.00. The average Bonchev–Trinajstić information content (AvgIpc) is 3.43. The third kappa shape index (κ3) is 4.96. The lowest BCUT2D eigenvalue weighted by molar-refractivity contribution is 0.0742. The molecule has 0 spiro atoms. The molecule has 0 bridgehead atoms. The molecule has 1 aliphatic heterocycles. The van der Waals surface area contributed by atoms with Crippen molar-refractivity contribution in [3.63, 3.8) is 0 Å². The predicted molar refractivity (Wildman–Crippen MR) is 145 cm³/mol. The molecule has 0 saturated carbocycles. The molecule has 2 heterocycles. The van der Waals surface area contributed by atoms with Crippen LogP contribution in [0.3, 0.4) is 0 Å². The Labute approximate surface area is 218 Å². The van der Waals surface area contributed by atoms with Crippen LogP contribution in [0.1, 0.15) is 53.0 Å².